The number of fused-ring (bicyclic) bond motifs is 3. The summed E-state index contributed by atoms with van der Waals surface area (Å²) in [6, 6.07) is 53.6. The lowest BCUT2D eigenvalue weighted by atomic mass is 10.0. The molecule has 0 amide bonds. The Morgan fingerprint density at radius 1 is 0.234 bits per heavy atom. The quantitative estimate of drug-likeness (QED) is 0.0338. The Kier molecular flexibility index (Phi) is 25.0. The number of rotatable bonds is 18. The maximum absolute atomic E-state index is 11.7. The maximum atomic E-state index is 11.7. The highest BCUT2D eigenvalue weighted by Gasteiger charge is 2.13. The van der Waals surface area contributed by atoms with Gasteiger partial charge in [-0.05, 0) is 205 Å². The highest BCUT2D eigenvalue weighted by Crippen LogP contribution is 2.31. The third-order valence-electron chi connectivity index (χ3n) is 12.7. The van der Waals surface area contributed by atoms with E-state index in [1.165, 1.54) is 0 Å². The fourth-order valence-electron chi connectivity index (χ4n) is 7.75. The summed E-state index contributed by atoms with van der Waals surface area (Å²) in [4.78, 5) is 91.5. The van der Waals surface area contributed by atoms with Gasteiger partial charge in [-0.3, -0.25) is 0 Å². The van der Waals surface area contributed by atoms with Crippen molar-refractivity contribution in [1.82, 2.24) is 0 Å². The molecule has 0 aromatic heterocycles. The fourth-order valence-corrected chi connectivity index (χ4v) is 7.75. The van der Waals surface area contributed by atoms with Crippen LogP contribution in [0.15, 0.2) is 280 Å². The fraction of sp³-hybridized carbons (Fsp3) is 0.0769. The lowest BCUT2D eigenvalue weighted by Crippen LogP contribution is -2.08. The van der Waals surface area contributed by atoms with Crippen LogP contribution in [0.25, 0.3) is 54.6 Å². The van der Waals surface area contributed by atoms with Gasteiger partial charge < -0.3 is 37.9 Å². The molecule has 0 radical (unpaired) electrons. The van der Waals surface area contributed by atoms with Gasteiger partial charge in [0, 0.05) is 45.6 Å². The van der Waals surface area contributed by atoms with Crippen molar-refractivity contribution in [3.05, 3.63) is 280 Å². The van der Waals surface area contributed by atoms with E-state index in [0.29, 0.717) is 79.4 Å². The molecule has 0 aliphatic heterocycles. The molecule has 9 rings (SSSR count). The van der Waals surface area contributed by atoms with Crippen LogP contribution in [-0.4, -0.2) is 47.8 Å². The zero-order valence-electron chi connectivity index (χ0n) is 52.7. The van der Waals surface area contributed by atoms with Crippen LogP contribution in [0.4, 0.5) is 0 Å². The second kappa shape index (κ2) is 33.3. The van der Waals surface area contributed by atoms with Gasteiger partial charge in [0.1, 0.15) is 46.0 Å². The predicted molar refractivity (Wildman–Crippen MR) is 364 cm³/mol. The first-order valence-corrected chi connectivity index (χ1v) is 28.6. The number of benzene rings is 9. The van der Waals surface area contributed by atoms with Gasteiger partial charge >= 0.3 is 47.8 Å². The molecular formula is C78H66O16. The molecule has 0 bridgehead atoms. The standard InChI is InChI=1S/C22H18O4.C20H18O4.C18H16O4.C18H14O4/c1-13(2)21(23)25-19-7-5-15-10-18-12-20(26-22(24)14(3)4)8-6-16(18)9-17(15)11-19;1-13(2)19(21)23-17-9-5-15(6-10-17)16-7-11-18(12-8-16)24-20(22)14(3)4;1-11(2)17(19)21-15-7-5-14-10-16(8-6-13(14)9-15)22-18(20)12(3)4;1-3-17(19)21-15-9-5-13(6-10-15)14-7-11-16(12-8-14)22-18(20)4-2/h5-12H,1,3H2,2,4H3;5-12H,1,3H2,2,4H3;5-10H,1,3H2,2,4H3;3-12H,1-2H2. The van der Waals surface area contributed by atoms with Crippen molar-refractivity contribution in [2.75, 3.05) is 0 Å². The average Bonchev–Trinajstić information content (AvgIpc) is 0.844. The number of hydrogen-bond acceptors (Lipinski definition) is 16. The molecule has 0 N–H and O–H groups in total. The van der Waals surface area contributed by atoms with Gasteiger partial charge in [0.2, 0.25) is 0 Å². The molecule has 16 nitrogen and oxygen atoms in total. The van der Waals surface area contributed by atoms with E-state index in [-0.39, 0.29) is 0 Å². The molecule has 94 heavy (non-hydrogen) atoms. The topological polar surface area (TPSA) is 210 Å². The number of hydrogen-bond donors (Lipinski definition) is 0. The van der Waals surface area contributed by atoms with Gasteiger partial charge in [-0.1, -0.05) is 125 Å². The summed E-state index contributed by atoms with van der Waals surface area (Å²) in [7, 11) is 0. The largest absolute Gasteiger partial charge is 0.423 e. The van der Waals surface area contributed by atoms with E-state index in [0.717, 1.165) is 66.7 Å². The summed E-state index contributed by atoms with van der Waals surface area (Å²) in [5.74, 6) is -0.109. The van der Waals surface area contributed by atoms with Crippen molar-refractivity contribution in [3.63, 3.8) is 0 Å². The highest BCUT2D eigenvalue weighted by molar-refractivity contribution is 6.00. The van der Waals surface area contributed by atoms with Gasteiger partial charge in [0.05, 0.1) is 0 Å². The van der Waals surface area contributed by atoms with Crippen LogP contribution >= 0.6 is 0 Å². The number of carbonyl (C=O) groups excluding carboxylic acids is 8. The highest BCUT2D eigenvalue weighted by atomic mass is 16.6. The second-order valence-corrected chi connectivity index (χ2v) is 20.9. The number of carbonyl (C=O) groups is 8. The van der Waals surface area contributed by atoms with Crippen molar-refractivity contribution in [1.29, 1.82) is 0 Å². The van der Waals surface area contributed by atoms with Crippen LogP contribution in [0.1, 0.15) is 41.5 Å². The van der Waals surface area contributed by atoms with Crippen molar-refractivity contribution >= 4 is 80.1 Å². The molecule has 0 aliphatic carbocycles. The Bertz CT molecular complexity index is 4200. The predicted octanol–water partition coefficient (Wildman–Crippen LogP) is 16.6. The molecule has 0 saturated carbocycles. The number of ether oxygens (including phenoxy) is 8. The Balaban J connectivity index is 0.000000199. The molecule has 0 unspecified atom stereocenters. The van der Waals surface area contributed by atoms with E-state index in [1.807, 2.05) is 84.9 Å². The average molecular weight is 1260 g/mol. The summed E-state index contributed by atoms with van der Waals surface area (Å²) in [5, 5.41) is 5.57. The first-order valence-electron chi connectivity index (χ1n) is 28.6. The molecule has 0 aliphatic rings. The van der Waals surface area contributed by atoms with Gasteiger partial charge in [-0.25, -0.2) is 38.4 Å². The summed E-state index contributed by atoms with van der Waals surface area (Å²) in [6.07, 6.45) is 2.22. The molecule has 0 heterocycles. The first-order chi connectivity index (χ1) is 44.7. The summed E-state index contributed by atoms with van der Waals surface area (Å²) in [5.41, 5.74) is 5.84. The lowest BCUT2D eigenvalue weighted by Gasteiger charge is -2.08. The minimum Gasteiger partial charge on any atom is -0.423 e. The van der Waals surface area contributed by atoms with E-state index in [1.54, 1.807) is 139 Å². The normalized spacial score (nSPS) is 10.1. The Labute approximate surface area is 543 Å². The maximum Gasteiger partial charge on any atom is 0.338 e. The van der Waals surface area contributed by atoms with Crippen LogP contribution in [0.2, 0.25) is 0 Å². The lowest BCUT2D eigenvalue weighted by molar-refractivity contribution is -0.130. The van der Waals surface area contributed by atoms with E-state index in [9.17, 15) is 38.4 Å². The van der Waals surface area contributed by atoms with Crippen molar-refractivity contribution in [2.24, 2.45) is 0 Å². The molecule has 0 atom stereocenters. The molecular weight excluding hydrogens is 1190 g/mol. The van der Waals surface area contributed by atoms with E-state index in [4.69, 9.17) is 37.9 Å². The van der Waals surface area contributed by atoms with E-state index >= 15 is 0 Å². The third-order valence-corrected chi connectivity index (χ3v) is 12.7. The smallest absolute Gasteiger partial charge is 0.338 e. The molecule has 474 valence electrons. The summed E-state index contributed by atoms with van der Waals surface area (Å²) >= 11 is 0. The van der Waals surface area contributed by atoms with Crippen molar-refractivity contribution in [2.45, 2.75) is 41.5 Å². The molecule has 0 saturated heterocycles. The summed E-state index contributed by atoms with van der Waals surface area (Å²) < 4.78 is 41.2. The SMILES string of the molecule is C=C(C)C(=O)Oc1ccc(-c2ccc(OC(=O)C(=C)C)cc2)cc1.C=C(C)C(=O)Oc1ccc2cc(OC(=O)C(=C)C)ccc2c1.C=C(C)C(=O)Oc1ccc2cc3cc(OC(=O)C(=C)C)ccc3cc2c1.C=CC(=O)Oc1ccc(-c2ccc(OC(=O)C=C)cc2)cc1. The monoisotopic (exact) mass is 1260 g/mol. The minimum absolute atomic E-state index is 0.335. The van der Waals surface area contributed by atoms with Gasteiger partial charge in [-0.2, -0.15) is 0 Å². The Morgan fingerprint density at radius 3 is 0.606 bits per heavy atom. The summed E-state index contributed by atoms with van der Waals surface area (Å²) in [6.45, 7) is 37.6. The first kappa shape index (κ1) is 70.5. The van der Waals surface area contributed by atoms with E-state index in [2.05, 4.69) is 52.6 Å². The van der Waals surface area contributed by atoms with Crippen LogP contribution in [-0.2, 0) is 38.4 Å². The van der Waals surface area contributed by atoms with E-state index < -0.39 is 47.8 Å². The minimum atomic E-state index is -0.499. The third kappa shape index (κ3) is 21.3. The van der Waals surface area contributed by atoms with Gasteiger partial charge in [-0.15, -0.1) is 0 Å². The number of esters is 8. The van der Waals surface area contributed by atoms with Gasteiger partial charge in [0.15, 0.2) is 0 Å². The zero-order valence-corrected chi connectivity index (χ0v) is 52.7. The molecule has 9 aromatic carbocycles. The molecule has 16 heteroatoms. The Hall–Kier alpha value is -12.6. The molecule has 0 fully saturated rings. The van der Waals surface area contributed by atoms with Gasteiger partial charge in [0.25, 0.3) is 0 Å². The second-order valence-electron chi connectivity index (χ2n) is 20.9. The van der Waals surface area contributed by atoms with Crippen LogP contribution in [0, 0.1) is 0 Å². The van der Waals surface area contributed by atoms with Crippen molar-refractivity contribution in [3.8, 4) is 68.2 Å². The molecule has 0 spiro atoms. The van der Waals surface area contributed by atoms with Crippen LogP contribution in [0.3, 0.4) is 0 Å². The van der Waals surface area contributed by atoms with Crippen LogP contribution in [0.5, 0.6) is 46.0 Å². The zero-order chi connectivity index (χ0) is 68.8. The molecule has 9 aromatic rings. The Morgan fingerprint density at radius 2 is 0.404 bits per heavy atom. The van der Waals surface area contributed by atoms with Crippen molar-refractivity contribution < 1.29 is 76.3 Å². The van der Waals surface area contributed by atoms with Crippen LogP contribution < -0.4 is 37.9 Å².